The third-order valence-corrected chi connectivity index (χ3v) is 6.54. The van der Waals surface area contributed by atoms with Crippen LogP contribution < -0.4 is 10.6 Å². The number of hydrogen-bond donors (Lipinski definition) is 2. The second-order valence-corrected chi connectivity index (χ2v) is 8.91. The minimum absolute atomic E-state index is 0. The highest BCUT2D eigenvalue weighted by molar-refractivity contribution is 14.0. The zero-order valence-electron chi connectivity index (χ0n) is 20.0. The van der Waals surface area contributed by atoms with Gasteiger partial charge in [0.1, 0.15) is 0 Å². The second-order valence-electron chi connectivity index (χ2n) is 8.91. The Morgan fingerprint density at radius 3 is 2.59 bits per heavy atom. The lowest BCUT2D eigenvalue weighted by Crippen LogP contribution is -2.43. The van der Waals surface area contributed by atoms with Crippen molar-refractivity contribution in [2.24, 2.45) is 10.4 Å². The molecule has 182 valence electrons. The molecule has 0 spiro atoms. The van der Waals surface area contributed by atoms with Gasteiger partial charge < -0.3 is 20.1 Å². The number of morpholine rings is 1. The van der Waals surface area contributed by atoms with Crippen LogP contribution >= 0.6 is 24.0 Å². The lowest BCUT2D eigenvalue weighted by atomic mass is 9.83. The second kappa shape index (κ2) is 15.1. The third-order valence-electron chi connectivity index (χ3n) is 6.54. The molecule has 1 saturated carbocycles. The summed E-state index contributed by atoms with van der Waals surface area (Å²) in [6.45, 7) is 13.1. The molecule has 0 bridgehead atoms. The summed E-state index contributed by atoms with van der Waals surface area (Å²) in [6.07, 6.45) is 6.37. The number of aliphatic imine (C=N–C) groups is 1. The molecule has 2 aliphatic rings. The van der Waals surface area contributed by atoms with Crippen molar-refractivity contribution in [3.05, 3.63) is 35.4 Å². The Morgan fingerprint density at radius 1 is 1.12 bits per heavy atom. The molecule has 1 aromatic rings. The summed E-state index contributed by atoms with van der Waals surface area (Å²) in [4.78, 5) is 7.35. The molecule has 0 unspecified atom stereocenters. The van der Waals surface area contributed by atoms with E-state index in [2.05, 4.69) is 53.6 Å². The van der Waals surface area contributed by atoms with Gasteiger partial charge in [0, 0.05) is 45.9 Å². The summed E-state index contributed by atoms with van der Waals surface area (Å²) < 4.78 is 11.1. The van der Waals surface area contributed by atoms with E-state index in [0.29, 0.717) is 12.0 Å². The van der Waals surface area contributed by atoms with Crippen LogP contribution in [0.1, 0.15) is 57.1 Å². The number of nitrogens with zero attached hydrogens (tertiary/aromatic N) is 2. The molecular formula is C25H43IN4O2. The van der Waals surface area contributed by atoms with Crippen LogP contribution in [0.2, 0.25) is 0 Å². The van der Waals surface area contributed by atoms with Crippen molar-refractivity contribution in [2.75, 3.05) is 52.6 Å². The van der Waals surface area contributed by atoms with E-state index < -0.39 is 0 Å². The van der Waals surface area contributed by atoms with Crippen molar-refractivity contribution >= 4 is 29.9 Å². The van der Waals surface area contributed by atoms with E-state index in [1.165, 1.54) is 36.8 Å². The van der Waals surface area contributed by atoms with E-state index in [4.69, 9.17) is 14.5 Å². The van der Waals surface area contributed by atoms with Crippen molar-refractivity contribution < 1.29 is 9.47 Å². The minimum atomic E-state index is 0. The molecule has 1 saturated heterocycles. The van der Waals surface area contributed by atoms with Crippen LogP contribution in [0.3, 0.4) is 0 Å². The first-order valence-electron chi connectivity index (χ1n) is 12.2. The van der Waals surface area contributed by atoms with Crippen molar-refractivity contribution in [3.63, 3.8) is 0 Å². The molecule has 1 aliphatic heterocycles. The van der Waals surface area contributed by atoms with E-state index in [-0.39, 0.29) is 24.0 Å². The number of guanidine groups is 1. The Bertz CT molecular complexity index is 674. The summed E-state index contributed by atoms with van der Waals surface area (Å²) in [5.74, 6) is 0.920. The van der Waals surface area contributed by atoms with E-state index in [1.54, 1.807) is 0 Å². The maximum atomic E-state index is 5.66. The molecule has 0 amide bonds. The molecule has 6 nitrogen and oxygen atoms in total. The molecule has 3 rings (SSSR count). The van der Waals surface area contributed by atoms with Gasteiger partial charge in [0.25, 0.3) is 0 Å². The third kappa shape index (κ3) is 9.15. The molecule has 7 heteroatoms. The number of rotatable bonds is 11. The lowest BCUT2D eigenvalue weighted by molar-refractivity contribution is 0.0342. The average molecular weight is 559 g/mol. The van der Waals surface area contributed by atoms with Crippen molar-refractivity contribution in [3.8, 4) is 0 Å². The Morgan fingerprint density at radius 2 is 1.88 bits per heavy atom. The van der Waals surface area contributed by atoms with Gasteiger partial charge in [0.05, 0.1) is 19.8 Å². The number of nitrogens with one attached hydrogen (secondary N) is 2. The SMILES string of the molecule is CCNC(=NCc1cccc(CN2CCOCC2)c1)NCC1(CCOCC)CCCC1.I. The molecule has 1 heterocycles. The Labute approximate surface area is 211 Å². The molecule has 0 aromatic heterocycles. The quantitative estimate of drug-likeness (QED) is 0.185. The van der Waals surface area contributed by atoms with Gasteiger partial charge in [-0.05, 0) is 49.7 Å². The average Bonchev–Trinajstić information content (AvgIpc) is 3.26. The van der Waals surface area contributed by atoms with Crippen LogP contribution in [-0.4, -0.2) is 63.5 Å². The fourth-order valence-corrected chi connectivity index (χ4v) is 4.70. The Kier molecular flexibility index (Phi) is 12.9. The number of hydrogen-bond acceptors (Lipinski definition) is 4. The summed E-state index contributed by atoms with van der Waals surface area (Å²) in [5.41, 5.74) is 2.96. The van der Waals surface area contributed by atoms with Crippen molar-refractivity contribution in [1.82, 2.24) is 15.5 Å². The molecule has 2 fully saturated rings. The van der Waals surface area contributed by atoms with Gasteiger partial charge in [-0.1, -0.05) is 37.1 Å². The predicted octanol–water partition coefficient (Wildman–Crippen LogP) is 4.18. The van der Waals surface area contributed by atoms with Crippen LogP contribution in [0.15, 0.2) is 29.3 Å². The fraction of sp³-hybridized carbons (Fsp3) is 0.720. The smallest absolute Gasteiger partial charge is 0.191 e. The number of ether oxygens (including phenoxy) is 2. The molecule has 0 radical (unpaired) electrons. The fourth-order valence-electron chi connectivity index (χ4n) is 4.70. The zero-order valence-corrected chi connectivity index (χ0v) is 22.4. The maximum absolute atomic E-state index is 5.66. The first-order valence-corrected chi connectivity index (χ1v) is 12.2. The molecule has 32 heavy (non-hydrogen) atoms. The van der Waals surface area contributed by atoms with Gasteiger partial charge in [0.2, 0.25) is 0 Å². The molecule has 1 aliphatic carbocycles. The summed E-state index contributed by atoms with van der Waals surface area (Å²) >= 11 is 0. The highest BCUT2D eigenvalue weighted by atomic mass is 127. The first kappa shape index (κ1) is 27.3. The van der Waals surface area contributed by atoms with Crippen molar-refractivity contribution in [1.29, 1.82) is 0 Å². The summed E-state index contributed by atoms with van der Waals surface area (Å²) in [5, 5.41) is 7.07. The van der Waals surface area contributed by atoms with Gasteiger partial charge in [-0.25, -0.2) is 4.99 Å². The number of halogens is 1. The van der Waals surface area contributed by atoms with Crippen LogP contribution in [0.5, 0.6) is 0 Å². The summed E-state index contributed by atoms with van der Waals surface area (Å²) in [6, 6.07) is 8.84. The minimum Gasteiger partial charge on any atom is -0.382 e. The zero-order chi connectivity index (χ0) is 21.8. The molecule has 2 N–H and O–H groups in total. The Balaban J connectivity index is 0.00000363. The highest BCUT2D eigenvalue weighted by Gasteiger charge is 2.33. The monoisotopic (exact) mass is 558 g/mol. The van der Waals surface area contributed by atoms with E-state index in [1.807, 2.05) is 0 Å². The lowest BCUT2D eigenvalue weighted by Gasteiger charge is -2.30. The van der Waals surface area contributed by atoms with E-state index >= 15 is 0 Å². The van der Waals surface area contributed by atoms with Crippen LogP contribution in [0, 0.1) is 5.41 Å². The topological polar surface area (TPSA) is 58.1 Å². The number of benzene rings is 1. The van der Waals surface area contributed by atoms with Crippen molar-refractivity contribution in [2.45, 2.75) is 59.0 Å². The highest BCUT2D eigenvalue weighted by Crippen LogP contribution is 2.40. The summed E-state index contributed by atoms with van der Waals surface area (Å²) in [7, 11) is 0. The van der Waals surface area contributed by atoms with Gasteiger partial charge >= 0.3 is 0 Å². The Hall–Kier alpha value is -0.900. The largest absolute Gasteiger partial charge is 0.382 e. The van der Waals surface area contributed by atoms with Crippen LogP contribution in [0.4, 0.5) is 0 Å². The predicted molar refractivity (Wildman–Crippen MR) is 143 cm³/mol. The molecule has 0 atom stereocenters. The van der Waals surface area contributed by atoms with Gasteiger partial charge in [0.15, 0.2) is 5.96 Å². The molecule has 1 aromatic carbocycles. The maximum Gasteiger partial charge on any atom is 0.191 e. The van der Waals surface area contributed by atoms with Gasteiger partial charge in [-0.2, -0.15) is 0 Å². The van der Waals surface area contributed by atoms with Crippen LogP contribution in [0.25, 0.3) is 0 Å². The van der Waals surface area contributed by atoms with Crippen LogP contribution in [-0.2, 0) is 22.6 Å². The standard InChI is InChI=1S/C25H42N4O2.HI/c1-3-26-24(28-21-25(10-5-6-11-25)12-15-30-4-2)27-19-22-8-7-9-23(18-22)20-29-13-16-31-17-14-29;/h7-9,18H,3-6,10-17,19-21H2,1-2H3,(H2,26,27,28);1H. The van der Waals surface area contributed by atoms with E-state index in [9.17, 15) is 0 Å². The normalized spacial score (nSPS) is 18.9. The first-order chi connectivity index (χ1) is 15.2. The van der Waals surface area contributed by atoms with Gasteiger partial charge in [-0.15, -0.1) is 24.0 Å². The molecular weight excluding hydrogens is 515 g/mol. The van der Waals surface area contributed by atoms with E-state index in [0.717, 1.165) is 71.5 Å². The van der Waals surface area contributed by atoms with Gasteiger partial charge in [-0.3, -0.25) is 4.90 Å².